The number of aromatic hydroxyl groups is 1. The number of hydrogen-bond donors (Lipinski definition) is 4. The molecule has 30 heavy (non-hydrogen) atoms. The quantitative estimate of drug-likeness (QED) is 0.563. The molecule has 1 amide bonds. The van der Waals surface area contributed by atoms with E-state index in [4.69, 9.17) is 0 Å². The Bertz CT molecular complexity index is 1130. The Morgan fingerprint density at radius 3 is 2.67 bits per heavy atom. The van der Waals surface area contributed by atoms with Gasteiger partial charge in [0, 0.05) is 28.6 Å². The van der Waals surface area contributed by atoms with Crippen LogP contribution in [0.2, 0.25) is 0 Å². The third-order valence-corrected chi connectivity index (χ3v) is 5.55. The maximum absolute atomic E-state index is 13.0. The predicted molar refractivity (Wildman–Crippen MR) is 117 cm³/mol. The van der Waals surface area contributed by atoms with Crippen LogP contribution in [0.25, 0.3) is 16.5 Å². The van der Waals surface area contributed by atoms with Crippen molar-refractivity contribution in [1.82, 2.24) is 20.5 Å². The smallest absolute Gasteiger partial charge is 0.252 e. The van der Waals surface area contributed by atoms with Crippen LogP contribution in [0.1, 0.15) is 17.7 Å². The van der Waals surface area contributed by atoms with Gasteiger partial charge in [0.05, 0.1) is 17.0 Å². The number of phenolic OH excluding ortho intramolecular Hbond substituents is 1. The molecule has 0 radical (unpaired) electrons. The lowest BCUT2D eigenvalue weighted by atomic mass is 9.91. The van der Waals surface area contributed by atoms with Gasteiger partial charge in [-0.3, -0.25) is 9.59 Å². The van der Waals surface area contributed by atoms with Crippen molar-refractivity contribution < 1.29 is 14.7 Å². The minimum absolute atomic E-state index is 0.169. The molecule has 7 heteroatoms. The van der Waals surface area contributed by atoms with E-state index in [0.717, 1.165) is 28.7 Å². The second kappa shape index (κ2) is 7.93. The number of rotatable bonds is 7. The molecule has 2 heterocycles. The van der Waals surface area contributed by atoms with Gasteiger partial charge < -0.3 is 25.6 Å². The highest BCUT2D eigenvalue weighted by molar-refractivity contribution is 6.22. The lowest BCUT2D eigenvalue weighted by molar-refractivity contribution is -0.116. The molecule has 0 saturated carbocycles. The van der Waals surface area contributed by atoms with E-state index in [2.05, 4.69) is 15.6 Å². The monoisotopic (exact) mass is 406 g/mol. The van der Waals surface area contributed by atoms with Crippen LogP contribution in [0.15, 0.2) is 47.2 Å². The average Bonchev–Trinajstić information content (AvgIpc) is 3.22. The fraction of sp³-hybridized carbons (Fsp3) is 0.304. The minimum atomic E-state index is -0.203. The van der Waals surface area contributed by atoms with E-state index in [-0.39, 0.29) is 17.4 Å². The number of amides is 1. The third-order valence-electron chi connectivity index (χ3n) is 5.55. The first-order valence-electron chi connectivity index (χ1n) is 10.1. The molecule has 4 rings (SSSR count). The second-order valence-corrected chi connectivity index (χ2v) is 7.91. The molecule has 0 spiro atoms. The van der Waals surface area contributed by atoms with Gasteiger partial charge in [0.15, 0.2) is 5.78 Å². The number of nitrogens with one attached hydrogen (secondary N) is 3. The van der Waals surface area contributed by atoms with Gasteiger partial charge >= 0.3 is 0 Å². The molecular formula is C23H26N4O3. The number of allylic oxidation sites excluding steroid dienone is 4. The minimum Gasteiger partial charge on any atom is -0.507 e. The van der Waals surface area contributed by atoms with E-state index in [1.807, 2.05) is 38.2 Å². The van der Waals surface area contributed by atoms with Crippen LogP contribution < -0.4 is 10.6 Å². The van der Waals surface area contributed by atoms with Gasteiger partial charge in [-0.1, -0.05) is 6.07 Å². The molecule has 1 aliphatic heterocycles. The first-order valence-corrected chi connectivity index (χ1v) is 10.1. The van der Waals surface area contributed by atoms with Crippen molar-refractivity contribution in [1.29, 1.82) is 0 Å². The number of H-pyrrole nitrogens is 1. The number of carbonyl (C=O) groups is 2. The Kier molecular flexibility index (Phi) is 5.32. The van der Waals surface area contributed by atoms with Crippen molar-refractivity contribution in [3.05, 3.63) is 58.5 Å². The van der Waals surface area contributed by atoms with E-state index < -0.39 is 0 Å². The number of phenols is 1. The van der Waals surface area contributed by atoms with Gasteiger partial charge in [0.2, 0.25) is 0 Å². The van der Waals surface area contributed by atoms with E-state index in [1.165, 1.54) is 0 Å². The lowest BCUT2D eigenvalue weighted by Crippen LogP contribution is -2.20. The standard InChI is InChI=1S/C23H26N4O3/c1-24-9-7-14-20-16(5-4-6-18(20)28)25-22(14)13-11-17-21(19(29)12-13)15(23(30)26-17)8-10-27(2)3/h4-6,11-12,24-25,28H,7-10H2,1-3H3,(H,26,30). The molecule has 0 bridgehead atoms. The molecule has 4 N–H and O–H groups in total. The fourth-order valence-electron chi connectivity index (χ4n) is 4.10. The molecule has 1 aromatic heterocycles. The number of aromatic amines is 1. The normalized spacial score (nSPS) is 16.3. The highest BCUT2D eigenvalue weighted by atomic mass is 16.3. The average molecular weight is 406 g/mol. The molecule has 0 atom stereocenters. The molecule has 2 aliphatic rings. The highest BCUT2D eigenvalue weighted by Gasteiger charge is 2.33. The largest absolute Gasteiger partial charge is 0.507 e. The van der Waals surface area contributed by atoms with E-state index >= 15 is 0 Å². The molecule has 0 saturated heterocycles. The zero-order valence-electron chi connectivity index (χ0n) is 17.4. The molecule has 7 nitrogen and oxygen atoms in total. The zero-order valence-corrected chi connectivity index (χ0v) is 17.4. The number of carbonyl (C=O) groups excluding carboxylic acids is 2. The van der Waals surface area contributed by atoms with Crippen molar-refractivity contribution in [2.45, 2.75) is 12.8 Å². The van der Waals surface area contributed by atoms with Gasteiger partial charge in [-0.2, -0.15) is 0 Å². The topological polar surface area (TPSA) is 97.5 Å². The third kappa shape index (κ3) is 3.46. The summed E-state index contributed by atoms with van der Waals surface area (Å²) in [5.74, 6) is -0.167. The predicted octanol–water partition coefficient (Wildman–Crippen LogP) is 1.86. The van der Waals surface area contributed by atoms with Crippen LogP contribution in [0.5, 0.6) is 5.75 Å². The molecule has 2 aromatic rings. The highest BCUT2D eigenvalue weighted by Crippen LogP contribution is 2.37. The summed E-state index contributed by atoms with van der Waals surface area (Å²) in [7, 11) is 5.75. The number of benzene rings is 1. The van der Waals surface area contributed by atoms with Gasteiger partial charge in [-0.25, -0.2) is 0 Å². The summed E-state index contributed by atoms with van der Waals surface area (Å²) >= 11 is 0. The first-order chi connectivity index (χ1) is 14.4. The molecule has 1 aromatic carbocycles. The fourth-order valence-corrected chi connectivity index (χ4v) is 4.10. The molecule has 0 fully saturated rings. The summed E-state index contributed by atoms with van der Waals surface area (Å²) in [5.41, 5.74) is 4.82. The lowest BCUT2D eigenvalue weighted by Gasteiger charge is -2.14. The van der Waals surface area contributed by atoms with Crippen molar-refractivity contribution in [3.63, 3.8) is 0 Å². The molecule has 1 aliphatic carbocycles. The van der Waals surface area contributed by atoms with Crippen LogP contribution in [0.4, 0.5) is 0 Å². The Morgan fingerprint density at radius 2 is 1.93 bits per heavy atom. The molecule has 156 valence electrons. The first kappa shape index (κ1) is 20.1. The van der Waals surface area contributed by atoms with Crippen molar-refractivity contribution in [3.8, 4) is 5.75 Å². The molecular weight excluding hydrogens is 380 g/mol. The van der Waals surface area contributed by atoms with Crippen LogP contribution >= 0.6 is 0 Å². The van der Waals surface area contributed by atoms with Crippen LogP contribution in [0, 0.1) is 0 Å². The summed E-state index contributed by atoms with van der Waals surface area (Å²) in [5, 5.41) is 17.2. The second-order valence-electron chi connectivity index (χ2n) is 7.91. The number of fused-ring (bicyclic) bond motifs is 2. The number of aromatic nitrogens is 1. The van der Waals surface area contributed by atoms with Crippen molar-refractivity contribution in [2.24, 2.45) is 0 Å². The van der Waals surface area contributed by atoms with Gasteiger partial charge in [0.1, 0.15) is 5.75 Å². The van der Waals surface area contributed by atoms with E-state index in [1.54, 1.807) is 18.2 Å². The number of likely N-dealkylation sites (N-methyl/N-ethyl adjacent to an activating group) is 1. The zero-order chi connectivity index (χ0) is 21.4. The Labute approximate surface area is 175 Å². The van der Waals surface area contributed by atoms with Gasteiger partial charge in [0.25, 0.3) is 5.91 Å². The Hall–Kier alpha value is -3.16. The van der Waals surface area contributed by atoms with Crippen LogP contribution in [-0.2, 0) is 16.0 Å². The van der Waals surface area contributed by atoms with Gasteiger partial charge in [-0.15, -0.1) is 0 Å². The SMILES string of the molecule is CNCCc1c(C2=CC(=O)C3=C(CCN(C)C)C(=O)NC3=C2)[nH]c2cccc(O)c12. The van der Waals surface area contributed by atoms with Crippen molar-refractivity contribution in [2.75, 3.05) is 34.2 Å². The number of hydrogen-bond acceptors (Lipinski definition) is 5. The van der Waals surface area contributed by atoms with E-state index in [0.29, 0.717) is 41.8 Å². The maximum Gasteiger partial charge on any atom is 0.252 e. The maximum atomic E-state index is 13.0. The molecule has 0 unspecified atom stereocenters. The summed E-state index contributed by atoms with van der Waals surface area (Å²) in [6.07, 6.45) is 4.64. The number of ketones is 1. The van der Waals surface area contributed by atoms with Gasteiger partial charge in [-0.05, 0) is 70.4 Å². The summed E-state index contributed by atoms with van der Waals surface area (Å²) in [4.78, 5) is 30.8. The van der Waals surface area contributed by atoms with E-state index in [9.17, 15) is 14.7 Å². The van der Waals surface area contributed by atoms with Crippen molar-refractivity contribution >= 4 is 28.2 Å². The number of nitrogens with zero attached hydrogens (tertiary/aromatic N) is 1. The Morgan fingerprint density at radius 1 is 1.13 bits per heavy atom. The Balaban J connectivity index is 1.79. The van der Waals surface area contributed by atoms with Crippen LogP contribution in [-0.4, -0.2) is 60.9 Å². The summed E-state index contributed by atoms with van der Waals surface area (Å²) in [6.45, 7) is 1.42. The summed E-state index contributed by atoms with van der Waals surface area (Å²) < 4.78 is 0. The van der Waals surface area contributed by atoms with Crippen LogP contribution in [0.3, 0.4) is 0 Å². The summed E-state index contributed by atoms with van der Waals surface area (Å²) in [6, 6.07) is 5.35.